The van der Waals surface area contributed by atoms with Gasteiger partial charge in [0.1, 0.15) is 5.82 Å². The minimum absolute atomic E-state index is 0.153. The highest BCUT2D eigenvalue weighted by atomic mass is 19.4. The molecule has 0 saturated carbocycles. The molecule has 0 unspecified atom stereocenters. The maximum absolute atomic E-state index is 14.0. The third-order valence-corrected chi connectivity index (χ3v) is 3.59. The van der Waals surface area contributed by atoms with Gasteiger partial charge in [-0.2, -0.15) is 13.2 Å². The van der Waals surface area contributed by atoms with Gasteiger partial charge in [-0.3, -0.25) is 4.79 Å². The van der Waals surface area contributed by atoms with Gasteiger partial charge in [-0.05, 0) is 25.0 Å². The smallest absolute Gasteiger partial charge is 0.381 e. The van der Waals surface area contributed by atoms with Crippen molar-refractivity contribution in [2.75, 3.05) is 20.3 Å². The normalized spacial score (nSPS) is 16.8. The van der Waals surface area contributed by atoms with Crippen LogP contribution in [0, 0.1) is 5.82 Å². The van der Waals surface area contributed by atoms with Crippen LogP contribution >= 0.6 is 0 Å². The molecule has 21 heavy (non-hydrogen) atoms. The van der Waals surface area contributed by atoms with Crippen LogP contribution in [0.2, 0.25) is 0 Å². The lowest BCUT2D eigenvalue weighted by molar-refractivity contribution is -0.140. The van der Waals surface area contributed by atoms with Crippen LogP contribution in [-0.2, 0) is 10.9 Å². The van der Waals surface area contributed by atoms with Crippen molar-refractivity contribution < 1.29 is 27.1 Å². The molecule has 0 aliphatic carbocycles. The highest BCUT2D eigenvalue weighted by molar-refractivity contribution is 5.94. The zero-order valence-corrected chi connectivity index (χ0v) is 11.4. The van der Waals surface area contributed by atoms with Crippen LogP contribution in [0.4, 0.5) is 17.6 Å². The van der Waals surface area contributed by atoms with E-state index < -0.39 is 29.0 Å². The van der Waals surface area contributed by atoms with Crippen LogP contribution in [0.5, 0.6) is 0 Å². The molecule has 1 heterocycles. The van der Waals surface area contributed by atoms with Crippen LogP contribution in [0.1, 0.15) is 28.8 Å². The molecule has 0 bridgehead atoms. The summed E-state index contributed by atoms with van der Waals surface area (Å²) in [5.41, 5.74) is -1.98. The molecule has 116 valence electrons. The van der Waals surface area contributed by atoms with E-state index in [0.717, 1.165) is 12.1 Å². The molecule has 1 amide bonds. The Bertz CT molecular complexity index is 524. The molecule has 1 fully saturated rings. The van der Waals surface area contributed by atoms with Gasteiger partial charge >= 0.3 is 6.18 Å². The van der Waals surface area contributed by atoms with Crippen molar-refractivity contribution in [1.29, 1.82) is 0 Å². The number of hydrogen-bond donors (Lipinski definition) is 0. The van der Waals surface area contributed by atoms with E-state index >= 15 is 0 Å². The standard InChI is InChI=1S/C14H15F4NO2/c1-19(9-5-7-21-8-6-9)13(20)10-3-2-4-11(12(10)15)14(16,17)18/h2-4,9H,5-8H2,1H3. The Morgan fingerprint density at radius 1 is 1.29 bits per heavy atom. The third-order valence-electron chi connectivity index (χ3n) is 3.59. The Balaban J connectivity index is 2.27. The van der Waals surface area contributed by atoms with Crippen LogP contribution in [0.25, 0.3) is 0 Å². The predicted octanol–water partition coefficient (Wildman–Crippen LogP) is 3.10. The maximum atomic E-state index is 14.0. The van der Waals surface area contributed by atoms with Crippen molar-refractivity contribution in [2.24, 2.45) is 0 Å². The van der Waals surface area contributed by atoms with E-state index in [2.05, 4.69) is 0 Å². The Morgan fingerprint density at radius 2 is 1.90 bits per heavy atom. The van der Waals surface area contributed by atoms with E-state index in [1.54, 1.807) is 0 Å². The van der Waals surface area contributed by atoms with Crippen molar-refractivity contribution in [3.8, 4) is 0 Å². The summed E-state index contributed by atoms with van der Waals surface area (Å²) in [6.07, 6.45) is -3.65. The highest BCUT2D eigenvalue weighted by Crippen LogP contribution is 2.32. The minimum Gasteiger partial charge on any atom is -0.381 e. The Kier molecular flexibility index (Phi) is 4.51. The number of nitrogens with zero attached hydrogens (tertiary/aromatic N) is 1. The zero-order valence-electron chi connectivity index (χ0n) is 11.4. The fourth-order valence-corrected chi connectivity index (χ4v) is 2.34. The van der Waals surface area contributed by atoms with Gasteiger partial charge in [-0.15, -0.1) is 0 Å². The summed E-state index contributed by atoms with van der Waals surface area (Å²) in [6, 6.07) is 2.58. The van der Waals surface area contributed by atoms with Crippen molar-refractivity contribution in [3.63, 3.8) is 0 Å². The molecule has 3 nitrogen and oxygen atoms in total. The van der Waals surface area contributed by atoms with Crippen LogP contribution in [-0.4, -0.2) is 37.1 Å². The van der Waals surface area contributed by atoms with Crippen molar-refractivity contribution in [2.45, 2.75) is 25.1 Å². The van der Waals surface area contributed by atoms with Gasteiger partial charge in [0, 0.05) is 26.3 Å². The maximum Gasteiger partial charge on any atom is 0.419 e. The first kappa shape index (κ1) is 15.8. The SMILES string of the molecule is CN(C(=O)c1cccc(C(F)(F)F)c1F)C1CCOCC1. The van der Waals surface area contributed by atoms with Crippen LogP contribution in [0.15, 0.2) is 18.2 Å². The number of rotatable bonds is 2. The molecule has 1 aliphatic heterocycles. The Morgan fingerprint density at radius 3 is 2.48 bits per heavy atom. The lowest BCUT2D eigenvalue weighted by Crippen LogP contribution is -2.41. The molecule has 7 heteroatoms. The summed E-state index contributed by atoms with van der Waals surface area (Å²) < 4.78 is 57.1. The number of amides is 1. The van der Waals surface area contributed by atoms with Gasteiger partial charge in [0.25, 0.3) is 5.91 Å². The largest absolute Gasteiger partial charge is 0.419 e. The molecular formula is C14H15F4NO2. The topological polar surface area (TPSA) is 29.5 Å². The fraction of sp³-hybridized carbons (Fsp3) is 0.500. The summed E-state index contributed by atoms with van der Waals surface area (Å²) in [5, 5.41) is 0. The molecular weight excluding hydrogens is 290 g/mol. The van der Waals surface area contributed by atoms with E-state index in [0.29, 0.717) is 32.1 Å². The van der Waals surface area contributed by atoms with E-state index in [4.69, 9.17) is 4.74 Å². The van der Waals surface area contributed by atoms with Gasteiger partial charge in [-0.25, -0.2) is 4.39 Å². The molecule has 0 N–H and O–H groups in total. The fourth-order valence-electron chi connectivity index (χ4n) is 2.34. The molecule has 1 aromatic carbocycles. The lowest BCUT2D eigenvalue weighted by Gasteiger charge is -2.31. The molecule has 1 saturated heterocycles. The van der Waals surface area contributed by atoms with Crippen LogP contribution < -0.4 is 0 Å². The van der Waals surface area contributed by atoms with Gasteiger partial charge < -0.3 is 9.64 Å². The second kappa shape index (κ2) is 6.01. The number of alkyl halides is 3. The molecule has 0 spiro atoms. The van der Waals surface area contributed by atoms with Gasteiger partial charge in [0.15, 0.2) is 0 Å². The minimum atomic E-state index is -4.82. The average Bonchev–Trinajstić information content (AvgIpc) is 2.45. The second-order valence-electron chi connectivity index (χ2n) is 4.92. The summed E-state index contributed by atoms with van der Waals surface area (Å²) >= 11 is 0. The number of hydrogen-bond acceptors (Lipinski definition) is 2. The van der Waals surface area contributed by atoms with Gasteiger partial charge in [-0.1, -0.05) is 6.07 Å². The van der Waals surface area contributed by atoms with Gasteiger partial charge in [0.2, 0.25) is 0 Å². The Labute approximate surface area is 119 Å². The average molecular weight is 305 g/mol. The summed E-state index contributed by atoms with van der Waals surface area (Å²) in [5.74, 6) is -2.26. The summed E-state index contributed by atoms with van der Waals surface area (Å²) in [6.45, 7) is 0.959. The highest BCUT2D eigenvalue weighted by Gasteiger charge is 2.36. The van der Waals surface area contributed by atoms with Crippen molar-refractivity contribution >= 4 is 5.91 Å². The molecule has 0 radical (unpaired) electrons. The number of benzene rings is 1. The van der Waals surface area contributed by atoms with Crippen molar-refractivity contribution in [3.05, 3.63) is 35.1 Å². The first-order valence-corrected chi connectivity index (χ1v) is 6.53. The monoisotopic (exact) mass is 305 g/mol. The van der Waals surface area contributed by atoms with Gasteiger partial charge in [0.05, 0.1) is 11.1 Å². The number of carbonyl (C=O) groups is 1. The van der Waals surface area contributed by atoms with E-state index in [1.807, 2.05) is 0 Å². The number of carbonyl (C=O) groups excluding carboxylic acids is 1. The predicted molar refractivity (Wildman–Crippen MR) is 67.3 cm³/mol. The van der Waals surface area contributed by atoms with E-state index in [-0.39, 0.29) is 6.04 Å². The van der Waals surface area contributed by atoms with Crippen LogP contribution in [0.3, 0.4) is 0 Å². The second-order valence-corrected chi connectivity index (χ2v) is 4.92. The van der Waals surface area contributed by atoms with E-state index in [1.165, 1.54) is 11.9 Å². The summed E-state index contributed by atoms with van der Waals surface area (Å²) in [4.78, 5) is 13.5. The lowest BCUT2D eigenvalue weighted by atomic mass is 10.0. The molecule has 2 rings (SSSR count). The van der Waals surface area contributed by atoms with Crippen molar-refractivity contribution in [1.82, 2.24) is 4.90 Å². The molecule has 0 atom stereocenters. The Hall–Kier alpha value is -1.63. The third kappa shape index (κ3) is 3.34. The summed E-state index contributed by atoms with van der Waals surface area (Å²) in [7, 11) is 1.47. The first-order valence-electron chi connectivity index (χ1n) is 6.53. The quantitative estimate of drug-likeness (QED) is 0.786. The molecule has 1 aromatic rings. The number of halogens is 4. The van der Waals surface area contributed by atoms with E-state index in [9.17, 15) is 22.4 Å². The first-order chi connectivity index (χ1) is 9.82. The molecule has 1 aliphatic rings. The zero-order chi connectivity index (χ0) is 15.6. The number of ether oxygens (including phenoxy) is 1. The molecule has 0 aromatic heterocycles.